The fraction of sp³-hybridized carbons (Fsp3) is 0.538. The predicted molar refractivity (Wildman–Crippen MR) is 67.4 cm³/mol. The van der Waals surface area contributed by atoms with Crippen LogP contribution in [0.3, 0.4) is 0 Å². The van der Waals surface area contributed by atoms with Crippen LogP contribution >= 0.6 is 0 Å². The largest absolute Gasteiger partial charge is 0.443 e. The first-order valence-electron chi connectivity index (χ1n) is 5.90. The minimum atomic E-state index is -0.514. The van der Waals surface area contributed by atoms with Gasteiger partial charge in [0.2, 0.25) is 0 Å². The van der Waals surface area contributed by atoms with Crippen molar-refractivity contribution in [2.75, 3.05) is 11.9 Å². The van der Waals surface area contributed by atoms with Crippen LogP contribution in [0.4, 0.5) is 10.6 Å². The van der Waals surface area contributed by atoms with Gasteiger partial charge in [-0.3, -0.25) is 4.90 Å². The van der Waals surface area contributed by atoms with Gasteiger partial charge >= 0.3 is 6.09 Å². The Kier molecular flexibility index (Phi) is 3.26. The van der Waals surface area contributed by atoms with Crippen LogP contribution in [0.25, 0.3) is 0 Å². The van der Waals surface area contributed by atoms with Crippen LogP contribution in [0.5, 0.6) is 0 Å². The van der Waals surface area contributed by atoms with Crippen LogP contribution in [0.1, 0.15) is 31.9 Å². The Morgan fingerprint density at radius 1 is 1.44 bits per heavy atom. The summed E-state index contributed by atoms with van der Waals surface area (Å²) in [7, 11) is 1.66. The highest BCUT2D eigenvalue weighted by Crippen LogP contribution is 2.27. The van der Waals surface area contributed by atoms with Gasteiger partial charge in [-0.2, -0.15) is 0 Å². The zero-order valence-electron chi connectivity index (χ0n) is 11.2. The van der Waals surface area contributed by atoms with Gasteiger partial charge in [0, 0.05) is 18.8 Å². The molecule has 2 heterocycles. The molecule has 0 bridgehead atoms. The maximum Gasteiger partial charge on any atom is 0.415 e. The van der Waals surface area contributed by atoms with Gasteiger partial charge < -0.3 is 9.47 Å². The summed E-state index contributed by atoms with van der Waals surface area (Å²) in [5.74, 6) is 0.610. The SMILES string of the molecule is CN(C(=O)OC(C)(C)C)c1nccc2c1COC2. The number of hydrogen-bond donors (Lipinski definition) is 0. The Labute approximate surface area is 107 Å². The minimum absolute atomic E-state index is 0.407. The molecule has 0 radical (unpaired) electrons. The van der Waals surface area contributed by atoms with Crippen molar-refractivity contribution in [1.29, 1.82) is 0 Å². The summed E-state index contributed by atoms with van der Waals surface area (Å²) in [6, 6.07) is 1.91. The van der Waals surface area contributed by atoms with Crippen molar-refractivity contribution in [1.82, 2.24) is 4.98 Å². The van der Waals surface area contributed by atoms with Crippen molar-refractivity contribution in [3.8, 4) is 0 Å². The summed E-state index contributed by atoms with van der Waals surface area (Å²) in [5, 5.41) is 0. The molecule has 0 aliphatic carbocycles. The Morgan fingerprint density at radius 3 is 2.83 bits per heavy atom. The van der Waals surface area contributed by atoms with E-state index in [1.54, 1.807) is 13.2 Å². The standard InChI is InChI=1S/C13H18N2O3/c1-13(2,3)18-12(16)15(4)11-10-8-17-7-9(10)5-6-14-11/h5-6H,7-8H2,1-4H3. The Hall–Kier alpha value is -1.62. The lowest BCUT2D eigenvalue weighted by atomic mass is 10.1. The number of aromatic nitrogens is 1. The van der Waals surface area contributed by atoms with Crippen molar-refractivity contribution in [2.24, 2.45) is 0 Å². The number of fused-ring (bicyclic) bond motifs is 1. The van der Waals surface area contributed by atoms with E-state index >= 15 is 0 Å². The lowest BCUT2D eigenvalue weighted by molar-refractivity contribution is 0.0587. The molecule has 98 valence electrons. The average Bonchev–Trinajstić information content (AvgIpc) is 2.73. The normalized spacial score (nSPS) is 14.2. The molecule has 0 unspecified atom stereocenters. The minimum Gasteiger partial charge on any atom is -0.443 e. The molecular weight excluding hydrogens is 232 g/mol. The molecule has 5 heteroatoms. The van der Waals surface area contributed by atoms with Crippen LogP contribution in [-0.4, -0.2) is 23.7 Å². The number of amides is 1. The fourth-order valence-electron chi connectivity index (χ4n) is 1.78. The Balaban J connectivity index is 2.22. The molecule has 0 fully saturated rings. The predicted octanol–water partition coefficient (Wildman–Crippen LogP) is 2.48. The first-order chi connectivity index (χ1) is 8.38. The number of pyridine rings is 1. The second-order valence-corrected chi connectivity index (χ2v) is 5.30. The number of nitrogens with zero attached hydrogens (tertiary/aromatic N) is 2. The first-order valence-corrected chi connectivity index (χ1v) is 5.90. The van der Waals surface area contributed by atoms with Gasteiger partial charge in [-0.15, -0.1) is 0 Å². The smallest absolute Gasteiger partial charge is 0.415 e. The van der Waals surface area contributed by atoms with E-state index in [4.69, 9.17) is 9.47 Å². The Morgan fingerprint density at radius 2 is 2.17 bits per heavy atom. The van der Waals surface area contributed by atoms with Gasteiger partial charge in [0.05, 0.1) is 13.2 Å². The maximum absolute atomic E-state index is 12.0. The third-order valence-electron chi connectivity index (χ3n) is 2.62. The van der Waals surface area contributed by atoms with Gasteiger partial charge in [0.15, 0.2) is 0 Å². The van der Waals surface area contributed by atoms with Crippen LogP contribution in [0, 0.1) is 0 Å². The van der Waals surface area contributed by atoms with Crippen molar-refractivity contribution < 1.29 is 14.3 Å². The number of hydrogen-bond acceptors (Lipinski definition) is 4. The Bertz CT molecular complexity index is 466. The van der Waals surface area contributed by atoms with Crippen molar-refractivity contribution in [3.63, 3.8) is 0 Å². The topological polar surface area (TPSA) is 51.7 Å². The molecule has 0 spiro atoms. The van der Waals surface area contributed by atoms with Crippen LogP contribution in [0.2, 0.25) is 0 Å². The fourth-order valence-corrected chi connectivity index (χ4v) is 1.78. The van der Waals surface area contributed by atoms with E-state index in [1.807, 2.05) is 26.8 Å². The van der Waals surface area contributed by atoms with E-state index in [0.717, 1.165) is 11.1 Å². The number of rotatable bonds is 1. The second kappa shape index (κ2) is 4.57. The quantitative estimate of drug-likeness (QED) is 0.768. The highest BCUT2D eigenvalue weighted by atomic mass is 16.6. The monoisotopic (exact) mass is 250 g/mol. The third kappa shape index (κ3) is 2.61. The molecule has 0 atom stereocenters. The van der Waals surface area contributed by atoms with Gasteiger partial charge in [0.25, 0.3) is 0 Å². The van der Waals surface area contributed by atoms with E-state index in [0.29, 0.717) is 19.0 Å². The average molecular weight is 250 g/mol. The van der Waals surface area contributed by atoms with Gasteiger partial charge in [0.1, 0.15) is 11.4 Å². The molecule has 0 N–H and O–H groups in total. The number of carbonyl (C=O) groups excluding carboxylic acids is 1. The van der Waals surface area contributed by atoms with Crippen LogP contribution < -0.4 is 4.90 Å². The summed E-state index contributed by atoms with van der Waals surface area (Å²) in [5.41, 5.74) is 1.53. The molecule has 1 aliphatic heterocycles. The van der Waals surface area contributed by atoms with E-state index < -0.39 is 11.7 Å². The lowest BCUT2D eigenvalue weighted by Crippen LogP contribution is -2.35. The number of carbonyl (C=O) groups is 1. The molecule has 1 aliphatic rings. The van der Waals surface area contributed by atoms with Gasteiger partial charge in [-0.25, -0.2) is 9.78 Å². The molecule has 0 saturated heterocycles. The van der Waals surface area contributed by atoms with Crippen molar-refractivity contribution >= 4 is 11.9 Å². The van der Waals surface area contributed by atoms with Crippen LogP contribution in [-0.2, 0) is 22.7 Å². The summed E-state index contributed by atoms with van der Waals surface area (Å²) in [6.07, 6.45) is 1.28. The van der Waals surface area contributed by atoms with Crippen molar-refractivity contribution in [3.05, 3.63) is 23.4 Å². The second-order valence-electron chi connectivity index (χ2n) is 5.30. The molecule has 5 nitrogen and oxygen atoms in total. The molecule has 1 aromatic heterocycles. The molecule has 1 aromatic rings. The summed E-state index contributed by atoms with van der Waals surface area (Å²) in [4.78, 5) is 17.7. The summed E-state index contributed by atoms with van der Waals surface area (Å²) >= 11 is 0. The lowest BCUT2D eigenvalue weighted by Gasteiger charge is -2.25. The van der Waals surface area contributed by atoms with Gasteiger partial charge in [-0.1, -0.05) is 0 Å². The third-order valence-corrected chi connectivity index (χ3v) is 2.62. The van der Waals surface area contributed by atoms with E-state index in [2.05, 4.69) is 4.98 Å². The van der Waals surface area contributed by atoms with Crippen LogP contribution in [0.15, 0.2) is 12.3 Å². The number of ether oxygens (including phenoxy) is 2. The molecular formula is C13H18N2O3. The van der Waals surface area contributed by atoms with Crippen molar-refractivity contribution in [2.45, 2.75) is 39.6 Å². The van der Waals surface area contributed by atoms with E-state index in [-0.39, 0.29) is 0 Å². The molecule has 2 rings (SSSR count). The highest BCUT2D eigenvalue weighted by molar-refractivity contribution is 5.87. The molecule has 0 saturated carbocycles. The summed E-state index contributed by atoms with van der Waals surface area (Å²) in [6.45, 7) is 6.58. The zero-order valence-corrected chi connectivity index (χ0v) is 11.2. The highest BCUT2D eigenvalue weighted by Gasteiger charge is 2.25. The number of anilines is 1. The molecule has 0 aromatic carbocycles. The zero-order chi connectivity index (χ0) is 13.3. The summed E-state index contributed by atoms with van der Waals surface area (Å²) < 4.78 is 10.7. The van der Waals surface area contributed by atoms with E-state index in [9.17, 15) is 4.79 Å². The molecule has 18 heavy (non-hydrogen) atoms. The first kappa shape index (κ1) is 12.8. The van der Waals surface area contributed by atoms with Gasteiger partial charge in [-0.05, 0) is 32.4 Å². The van der Waals surface area contributed by atoms with E-state index in [1.165, 1.54) is 4.90 Å². The molecule has 1 amide bonds. The maximum atomic E-state index is 12.0.